The normalized spacial score (nSPS) is 12.9. The zero-order valence-corrected chi connectivity index (χ0v) is 12.4. The summed E-state index contributed by atoms with van der Waals surface area (Å²) in [6.07, 6.45) is -4.48. The molecule has 4 rings (SSSR count). The lowest BCUT2D eigenvalue weighted by Crippen LogP contribution is -2.08. The van der Waals surface area contributed by atoms with Crippen LogP contribution in [-0.4, -0.2) is 5.78 Å². The number of benzene rings is 3. The van der Waals surface area contributed by atoms with Crippen molar-refractivity contribution in [3.8, 4) is 22.3 Å². The van der Waals surface area contributed by atoms with Gasteiger partial charge in [0.1, 0.15) is 0 Å². The third-order valence-corrected chi connectivity index (χ3v) is 4.28. The zero-order chi connectivity index (χ0) is 16.9. The Labute approximate surface area is 136 Å². The molecule has 0 heterocycles. The first-order chi connectivity index (χ1) is 11.5. The van der Waals surface area contributed by atoms with Crippen LogP contribution in [0.3, 0.4) is 0 Å². The molecule has 0 fully saturated rings. The van der Waals surface area contributed by atoms with Gasteiger partial charge in [0.15, 0.2) is 5.78 Å². The minimum atomic E-state index is -4.48. The monoisotopic (exact) mass is 324 g/mol. The average Bonchev–Trinajstić information content (AvgIpc) is 2.88. The average molecular weight is 324 g/mol. The van der Waals surface area contributed by atoms with Crippen LogP contribution >= 0.6 is 0 Å². The second-order valence-corrected chi connectivity index (χ2v) is 5.65. The molecule has 0 bridgehead atoms. The summed E-state index contributed by atoms with van der Waals surface area (Å²) < 4.78 is 40.1. The molecular formula is C20H11F3O. The predicted octanol–water partition coefficient (Wildman–Crippen LogP) is 5.58. The van der Waals surface area contributed by atoms with Gasteiger partial charge in [0.05, 0.1) is 5.56 Å². The SMILES string of the molecule is O=C1c2ccccc2-c2cccc(-c3ccccc3C(F)(F)F)c21. The second-order valence-electron chi connectivity index (χ2n) is 5.65. The van der Waals surface area contributed by atoms with Gasteiger partial charge in [0.25, 0.3) is 0 Å². The van der Waals surface area contributed by atoms with Crippen molar-refractivity contribution >= 4 is 5.78 Å². The Kier molecular flexibility index (Phi) is 3.10. The molecule has 1 aliphatic carbocycles. The van der Waals surface area contributed by atoms with Gasteiger partial charge < -0.3 is 0 Å². The standard InChI is InChI=1S/C20H11F3O/c21-20(22,23)17-11-4-3-7-13(17)15-10-5-9-14-12-6-1-2-8-16(12)19(24)18(14)15/h1-11H. The van der Waals surface area contributed by atoms with Crippen molar-refractivity contribution < 1.29 is 18.0 Å². The minimum absolute atomic E-state index is 0.0306. The third kappa shape index (κ3) is 2.07. The first-order valence-electron chi connectivity index (χ1n) is 7.42. The Morgan fingerprint density at radius 2 is 1.08 bits per heavy atom. The lowest BCUT2D eigenvalue weighted by molar-refractivity contribution is -0.137. The lowest BCUT2D eigenvalue weighted by Gasteiger charge is -2.15. The number of carbonyl (C=O) groups excluding carboxylic acids is 1. The molecule has 0 radical (unpaired) electrons. The maximum Gasteiger partial charge on any atom is 0.417 e. The maximum atomic E-state index is 13.4. The van der Waals surface area contributed by atoms with Gasteiger partial charge in [0.2, 0.25) is 0 Å². The number of rotatable bonds is 1. The van der Waals surface area contributed by atoms with Crippen molar-refractivity contribution in [3.63, 3.8) is 0 Å². The molecule has 0 atom stereocenters. The van der Waals surface area contributed by atoms with E-state index in [0.29, 0.717) is 22.3 Å². The van der Waals surface area contributed by atoms with E-state index >= 15 is 0 Å². The van der Waals surface area contributed by atoms with Crippen molar-refractivity contribution in [2.24, 2.45) is 0 Å². The first kappa shape index (κ1) is 14.7. The summed E-state index contributed by atoms with van der Waals surface area (Å²) in [7, 11) is 0. The molecular weight excluding hydrogens is 313 g/mol. The number of alkyl halides is 3. The summed E-state index contributed by atoms with van der Waals surface area (Å²) in [4.78, 5) is 12.8. The van der Waals surface area contributed by atoms with Gasteiger partial charge >= 0.3 is 6.18 Å². The number of fused-ring (bicyclic) bond motifs is 3. The highest BCUT2D eigenvalue weighted by Crippen LogP contribution is 2.44. The summed E-state index contributed by atoms with van der Waals surface area (Å²) in [6, 6.07) is 17.5. The van der Waals surface area contributed by atoms with Crippen molar-refractivity contribution in [1.29, 1.82) is 0 Å². The van der Waals surface area contributed by atoms with E-state index in [4.69, 9.17) is 0 Å². The van der Waals surface area contributed by atoms with Gasteiger partial charge in [0, 0.05) is 11.1 Å². The number of hydrogen-bond donors (Lipinski definition) is 0. The molecule has 0 amide bonds. The van der Waals surface area contributed by atoms with E-state index in [9.17, 15) is 18.0 Å². The van der Waals surface area contributed by atoms with Crippen LogP contribution in [0.4, 0.5) is 13.2 Å². The molecule has 0 aliphatic heterocycles. The van der Waals surface area contributed by atoms with Gasteiger partial charge in [-0.15, -0.1) is 0 Å². The van der Waals surface area contributed by atoms with Crippen LogP contribution < -0.4 is 0 Å². The van der Waals surface area contributed by atoms with Gasteiger partial charge in [-0.25, -0.2) is 0 Å². The first-order valence-corrected chi connectivity index (χ1v) is 7.42. The quantitative estimate of drug-likeness (QED) is 0.446. The number of ketones is 1. The van der Waals surface area contributed by atoms with Gasteiger partial charge in [-0.3, -0.25) is 4.79 Å². The highest BCUT2D eigenvalue weighted by Gasteiger charge is 2.36. The molecule has 0 N–H and O–H groups in total. The third-order valence-electron chi connectivity index (χ3n) is 4.28. The van der Waals surface area contributed by atoms with Crippen molar-refractivity contribution in [2.75, 3.05) is 0 Å². The molecule has 3 aromatic carbocycles. The topological polar surface area (TPSA) is 17.1 Å². The Morgan fingerprint density at radius 1 is 0.583 bits per heavy atom. The van der Waals surface area contributed by atoms with Gasteiger partial charge in [-0.2, -0.15) is 13.2 Å². The van der Waals surface area contributed by atoms with Crippen molar-refractivity contribution in [1.82, 2.24) is 0 Å². The van der Waals surface area contributed by atoms with E-state index in [1.165, 1.54) is 12.1 Å². The van der Waals surface area contributed by atoms with Crippen LogP contribution in [0.5, 0.6) is 0 Å². The molecule has 1 nitrogen and oxygen atoms in total. The van der Waals surface area contributed by atoms with E-state index in [0.717, 1.165) is 11.6 Å². The molecule has 118 valence electrons. The number of hydrogen-bond acceptors (Lipinski definition) is 1. The molecule has 0 unspecified atom stereocenters. The molecule has 0 spiro atoms. The van der Waals surface area contributed by atoms with Crippen molar-refractivity contribution in [2.45, 2.75) is 6.18 Å². The Balaban J connectivity index is 2.01. The summed E-state index contributed by atoms with van der Waals surface area (Å²) in [6.45, 7) is 0. The van der Waals surface area contributed by atoms with Crippen LogP contribution in [0.1, 0.15) is 21.5 Å². The fraction of sp³-hybridized carbons (Fsp3) is 0.0500. The molecule has 3 aromatic rings. The fourth-order valence-electron chi connectivity index (χ4n) is 3.26. The van der Waals surface area contributed by atoms with Crippen LogP contribution in [0.2, 0.25) is 0 Å². The van der Waals surface area contributed by atoms with E-state index in [2.05, 4.69) is 0 Å². The number of carbonyl (C=O) groups is 1. The highest BCUT2D eigenvalue weighted by atomic mass is 19.4. The smallest absolute Gasteiger partial charge is 0.289 e. The van der Waals surface area contributed by atoms with Crippen LogP contribution in [-0.2, 0) is 6.18 Å². The summed E-state index contributed by atoms with van der Waals surface area (Å²) in [5.41, 5.74) is 1.94. The summed E-state index contributed by atoms with van der Waals surface area (Å²) in [5.74, 6) is -0.229. The molecule has 4 heteroatoms. The molecule has 0 aromatic heterocycles. The van der Waals surface area contributed by atoms with E-state index in [1.807, 2.05) is 12.1 Å². The van der Waals surface area contributed by atoms with Crippen LogP contribution in [0.15, 0.2) is 66.7 Å². The number of halogens is 3. The van der Waals surface area contributed by atoms with E-state index in [1.54, 1.807) is 36.4 Å². The van der Waals surface area contributed by atoms with E-state index < -0.39 is 11.7 Å². The molecule has 0 saturated heterocycles. The van der Waals surface area contributed by atoms with Crippen molar-refractivity contribution in [3.05, 3.63) is 83.4 Å². The van der Waals surface area contributed by atoms with Crippen LogP contribution in [0.25, 0.3) is 22.3 Å². The Hall–Kier alpha value is -2.88. The summed E-state index contributed by atoms with van der Waals surface area (Å²) in [5, 5.41) is 0. The van der Waals surface area contributed by atoms with Crippen LogP contribution in [0, 0.1) is 0 Å². The summed E-state index contributed by atoms with van der Waals surface area (Å²) >= 11 is 0. The second kappa shape index (κ2) is 5.06. The van der Waals surface area contributed by atoms with Gasteiger partial charge in [-0.05, 0) is 28.3 Å². The van der Waals surface area contributed by atoms with Gasteiger partial charge in [-0.1, -0.05) is 60.7 Å². The maximum absolute atomic E-state index is 13.4. The minimum Gasteiger partial charge on any atom is -0.289 e. The Bertz CT molecular complexity index is 971. The van der Waals surface area contributed by atoms with E-state index in [-0.39, 0.29) is 11.3 Å². The fourth-order valence-corrected chi connectivity index (χ4v) is 3.26. The molecule has 24 heavy (non-hydrogen) atoms. The lowest BCUT2D eigenvalue weighted by atomic mass is 9.92. The molecule has 1 aliphatic rings. The highest BCUT2D eigenvalue weighted by molar-refractivity contribution is 6.24. The zero-order valence-electron chi connectivity index (χ0n) is 12.4. The largest absolute Gasteiger partial charge is 0.417 e. The molecule has 0 saturated carbocycles. The Morgan fingerprint density at radius 3 is 1.75 bits per heavy atom. The predicted molar refractivity (Wildman–Crippen MR) is 85.7 cm³/mol.